The summed E-state index contributed by atoms with van der Waals surface area (Å²) in [7, 11) is 0. The number of hydrogen-bond acceptors (Lipinski definition) is 3. The Balaban J connectivity index is 1.86. The number of nitrogens with one attached hydrogen (secondary N) is 1. The number of allylic oxidation sites excluding steroid dienone is 2. The molecule has 0 aliphatic heterocycles. The van der Waals surface area contributed by atoms with E-state index in [2.05, 4.69) is 48.6 Å². The van der Waals surface area contributed by atoms with Gasteiger partial charge in [0.15, 0.2) is 0 Å². The van der Waals surface area contributed by atoms with E-state index < -0.39 is 0 Å². The van der Waals surface area contributed by atoms with Crippen molar-refractivity contribution in [3.63, 3.8) is 0 Å². The standard InChI is InChI=1S/C14H20N2OS/c1-14(2,3)11-9-18-12(16-11)8-15-13(17)10-6-4-5-7-10/h4-5,9-10H,6-8H2,1-3H3,(H,15,17). The van der Waals surface area contributed by atoms with Gasteiger partial charge in [0.25, 0.3) is 0 Å². The van der Waals surface area contributed by atoms with E-state index in [1.807, 2.05) is 0 Å². The molecule has 98 valence electrons. The Morgan fingerprint density at radius 3 is 2.67 bits per heavy atom. The maximum absolute atomic E-state index is 11.8. The van der Waals surface area contributed by atoms with E-state index in [9.17, 15) is 4.79 Å². The van der Waals surface area contributed by atoms with Gasteiger partial charge < -0.3 is 5.32 Å². The summed E-state index contributed by atoms with van der Waals surface area (Å²) >= 11 is 1.62. The van der Waals surface area contributed by atoms with E-state index in [0.29, 0.717) is 6.54 Å². The minimum Gasteiger partial charge on any atom is -0.349 e. The molecular formula is C14H20N2OS. The van der Waals surface area contributed by atoms with Crippen molar-refractivity contribution in [3.05, 3.63) is 28.2 Å². The summed E-state index contributed by atoms with van der Waals surface area (Å²) in [4.78, 5) is 16.4. The summed E-state index contributed by atoms with van der Waals surface area (Å²) < 4.78 is 0. The van der Waals surface area contributed by atoms with Gasteiger partial charge >= 0.3 is 0 Å². The molecule has 4 heteroatoms. The Labute approximate surface area is 112 Å². The zero-order valence-corrected chi connectivity index (χ0v) is 12.0. The maximum Gasteiger partial charge on any atom is 0.224 e. The SMILES string of the molecule is CC(C)(C)c1csc(CNC(=O)C2CC=CC2)n1. The molecule has 1 aromatic rings. The fourth-order valence-electron chi connectivity index (χ4n) is 1.87. The first-order valence-corrected chi connectivity index (χ1v) is 7.22. The third-order valence-electron chi connectivity index (χ3n) is 3.11. The van der Waals surface area contributed by atoms with Gasteiger partial charge in [0, 0.05) is 16.7 Å². The predicted molar refractivity (Wildman–Crippen MR) is 74.5 cm³/mol. The average molecular weight is 264 g/mol. The highest BCUT2D eigenvalue weighted by Crippen LogP contribution is 2.24. The molecule has 0 saturated heterocycles. The lowest BCUT2D eigenvalue weighted by atomic mass is 9.93. The van der Waals surface area contributed by atoms with Crippen molar-refractivity contribution in [3.8, 4) is 0 Å². The van der Waals surface area contributed by atoms with Crippen molar-refractivity contribution in [2.75, 3.05) is 0 Å². The minimum absolute atomic E-state index is 0.0775. The van der Waals surface area contributed by atoms with Crippen LogP contribution in [-0.2, 0) is 16.8 Å². The Bertz CT molecular complexity index is 449. The first-order chi connectivity index (χ1) is 8.47. The quantitative estimate of drug-likeness (QED) is 0.853. The summed E-state index contributed by atoms with van der Waals surface area (Å²) in [6.45, 7) is 6.99. The second-order valence-electron chi connectivity index (χ2n) is 5.73. The van der Waals surface area contributed by atoms with Crippen LogP contribution in [0.15, 0.2) is 17.5 Å². The Kier molecular flexibility index (Phi) is 3.85. The lowest BCUT2D eigenvalue weighted by Crippen LogP contribution is -2.28. The third-order valence-corrected chi connectivity index (χ3v) is 3.96. The normalized spacial score (nSPS) is 16.2. The van der Waals surface area contributed by atoms with Crippen LogP contribution in [0.2, 0.25) is 0 Å². The first kappa shape index (κ1) is 13.3. The lowest BCUT2D eigenvalue weighted by molar-refractivity contribution is -0.124. The number of carbonyl (C=O) groups excluding carboxylic acids is 1. The fraction of sp³-hybridized carbons (Fsp3) is 0.571. The molecule has 3 nitrogen and oxygen atoms in total. The highest BCUT2D eigenvalue weighted by atomic mass is 32.1. The zero-order valence-electron chi connectivity index (χ0n) is 11.2. The zero-order chi connectivity index (χ0) is 13.2. The highest BCUT2D eigenvalue weighted by molar-refractivity contribution is 7.09. The van der Waals surface area contributed by atoms with Crippen LogP contribution in [0.3, 0.4) is 0 Å². The molecule has 18 heavy (non-hydrogen) atoms. The molecule has 1 heterocycles. The van der Waals surface area contributed by atoms with Crippen molar-refractivity contribution in [2.45, 2.75) is 45.6 Å². The van der Waals surface area contributed by atoms with Gasteiger partial charge in [-0.25, -0.2) is 4.98 Å². The average Bonchev–Trinajstić information content (AvgIpc) is 2.96. The molecule has 1 N–H and O–H groups in total. The number of carbonyl (C=O) groups is 1. The highest BCUT2D eigenvalue weighted by Gasteiger charge is 2.20. The molecule has 0 radical (unpaired) electrons. The number of nitrogens with zero attached hydrogens (tertiary/aromatic N) is 1. The maximum atomic E-state index is 11.8. The smallest absolute Gasteiger partial charge is 0.224 e. The van der Waals surface area contributed by atoms with Crippen molar-refractivity contribution in [2.24, 2.45) is 5.92 Å². The fourth-order valence-corrected chi connectivity index (χ4v) is 2.84. The molecule has 0 atom stereocenters. The minimum atomic E-state index is 0.0775. The summed E-state index contributed by atoms with van der Waals surface area (Å²) in [5, 5.41) is 6.04. The van der Waals surface area contributed by atoms with Gasteiger partial charge in [-0.2, -0.15) is 0 Å². The van der Waals surface area contributed by atoms with E-state index in [4.69, 9.17) is 0 Å². The molecule has 0 aromatic carbocycles. The van der Waals surface area contributed by atoms with Crippen molar-refractivity contribution in [1.29, 1.82) is 0 Å². The predicted octanol–water partition coefficient (Wildman–Crippen LogP) is 3.02. The van der Waals surface area contributed by atoms with E-state index in [0.717, 1.165) is 23.5 Å². The molecule has 1 aliphatic rings. The second-order valence-corrected chi connectivity index (χ2v) is 6.68. The van der Waals surface area contributed by atoms with Crippen LogP contribution in [0.1, 0.15) is 44.3 Å². The number of hydrogen-bond donors (Lipinski definition) is 1. The van der Waals surface area contributed by atoms with Crippen LogP contribution in [0.4, 0.5) is 0 Å². The van der Waals surface area contributed by atoms with E-state index in [-0.39, 0.29) is 17.2 Å². The molecule has 0 unspecified atom stereocenters. The lowest BCUT2D eigenvalue weighted by Gasteiger charge is -2.14. The van der Waals surface area contributed by atoms with E-state index in [1.165, 1.54) is 0 Å². The number of thiazole rings is 1. The van der Waals surface area contributed by atoms with E-state index >= 15 is 0 Å². The van der Waals surface area contributed by atoms with Crippen LogP contribution in [0.5, 0.6) is 0 Å². The van der Waals surface area contributed by atoms with Gasteiger partial charge in [-0.1, -0.05) is 32.9 Å². The van der Waals surface area contributed by atoms with Crippen LogP contribution in [-0.4, -0.2) is 10.9 Å². The van der Waals surface area contributed by atoms with Gasteiger partial charge in [-0.15, -0.1) is 11.3 Å². The number of amides is 1. The van der Waals surface area contributed by atoms with Gasteiger partial charge in [0.2, 0.25) is 5.91 Å². The molecule has 1 amide bonds. The van der Waals surface area contributed by atoms with Gasteiger partial charge in [-0.05, 0) is 12.8 Å². The second kappa shape index (κ2) is 5.22. The number of rotatable bonds is 3. The molecule has 1 aliphatic carbocycles. The molecular weight excluding hydrogens is 244 g/mol. The third kappa shape index (κ3) is 3.19. The summed E-state index contributed by atoms with van der Waals surface area (Å²) in [6.07, 6.45) is 5.89. The topological polar surface area (TPSA) is 42.0 Å². The van der Waals surface area contributed by atoms with Crippen molar-refractivity contribution >= 4 is 17.2 Å². The monoisotopic (exact) mass is 264 g/mol. The largest absolute Gasteiger partial charge is 0.349 e. The first-order valence-electron chi connectivity index (χ1n) is 6.34. The molecule has 2 rings (SSSR count). The Morgan fingerprint density at radius 1 is 1.44 bits per heavy atom. The van der Waals surface area contributed by atoms with Gasteiger partial charge in [-0.3, -0.25) is 4.79 Å². The number of aromatic nitrogens is 1. The van der Waals surface area contributed by atoms with Crippen LogP contribution in [0.25, 0.3) is 0 Å². The van der Waals surface area contributed by atoms with E-state index in [1.54, 1.807) is 11.3 Å². The molecule has 1 aromatic heterocycles. The van der Waals surface area contributed by atoms with Crippen LogP contribution < -0.4 is 5.32 Å². The Hall–Kier alpha value is -1.16. The van der Waals surface area contributed by atoms with Gasteiger partial charge in [0.05, 0.1) is 12.2 Å². The van der Waals surface area contributed by atoms with Crippen molar-refractivity contribution < 1.29 is 4.79 Å². The summed E-state index contributed by atoms with van der Waals surface area (Å²) in [5.41, 5.74) is 1.17. The molecule has 0 fully saturated rings. The van der Waals surface area contributed by atoms with Crippen LogP contribution >= 0.6 is 11.3 Å². The summed E-state index contributed by atoms with van der Waals surface area (Å²) in [5.74, 6) is 0.277. The van der Waals surface area contributed by atoms with Crippen LogP contribution in [0, 0.1) is 5.92 Å². The molecule has 0 spiro atoms. The Morgan fingerprint density at radius 2 is 2.11 bits per heavy atom. The van der Waals surface area contributed by atoms with Crippen molar-refractivity contribution in [1.82, 2.24) is 10.3 Å². The van der Waals surface area contributed by atoms with Gasteiger partial charge in [0.1, 0.15) is 5.01 Å². The summed E-state index contributed by atoms with van der Waals surface area (Å²) in [6, 6.07) is 0. The molecule has 0 saturated carbocycles. The molecule has 0 bridgehead atoms.